The molecule has 0 unspecified atom stereocenters. The Balaban J connectivity index is 1.58. The van der Waals surface area contributed by atoms with Gasteiger partial charge in [-0.05, 0) is 74.4 Å². The molecule has 0 amide bonds. The van der Waals surface area contributed by atoms with Crippen molar-refractivity contribution in [2.24, 2.45) is 0 Å². The van der Waals surface area contributed by atoms with Crippen molar-refractivity contribution in [2.75, 3.05) is 19.4 Å². The summed E-state index contributed by atoms with van der Waals surface area (Å²) in [6, 6.07) is 15.8. The molecule has 3 aromatic rings. The van der Waals surface area contributed by atoms with Crippen LogP contribution >= 0.6 is 27.7 Å². The van der Waals surface area contributed by atoms with E-state index in [0.29, 0.717) is 11.4 Å². The van der Waals surface area contributed by atoms with Crippen molar-refractivity contribution in [3.63, 3.8) is 0 Å². The van der Waals surface area contributed by atoms with Crippen LogP contribution < -0.4 is 4.74 Å². The van der Waals surface area contributed by atoms with E-state index < -0.39 is 10.0 Å². The third-order valence-corrected chi connectivity index (χ3v) is 9.70. The fraction of sp³-hybridized carbons (Fsp3) is 0.273. The zero-order chi connectivity index (χ0) is 20.2. The van der Waals surface area contributed by atoms with E-state index in [2.05, 4.69) is 34.1 Å². The molecule has 29 heavy (non-hydrogen) atoms. The highest BCUT2D eigenvalue weighted by molar-refractivity contribution is 9.10. The molecule has 7 heteroatoms. The zero-order valence-electron chi connectivity index (χ0n) is 15.9. The van der Waals surface area contributed by atoms with Crippen molar-refractivity contribution in [3.05, 3.63) is 69.7 Å². The van der Waals surface area contributed by atoms with Crippen molar-refractivity contribution >= 4 is 48.5 Å². The summed E-state index contributed by atoms with van der Waals surface area (Å²) in [7, 11) is -1.98. The number of methoxy groups -OCH3 is 1. The molecular formula is C22H20BrNO3S2. The molecule has 1 fully saturated rings. The standard InChI is InChI=1S/C22H20BrNO3S2/c1-27-19-9-6-16(13-18(19)23)22-24(11-12-28-22)29(25,26)20-10-7-15-4-2-3-14-5-8-17(20)21(14)15/h2-4,6-7,9-10,13,22H,5,8,11-12H2,1H3/t22-/m1/s1. The number of ether oxygens (including phenoxy) is 1. The van der Waals surface area contributed by atoms with Crippen LogP contribution in [0.5, 0.6) is 5.75 Å². The van der Waals surface area contributed by atoms with Crippen molar-refractivity contribution in [1.82, 2.24) is 4.31 Å². The SMILES string of the molecule is COc1ccc([C@H]2SCCN2S(=O)(=O)c2ccc3cccc4c3c2CC4)cc1Br. The molecule has 150 valence electrons. The van der Waals surface area contributed by atoms with Gasteiger partial charge in [-0.15, -0.1) is 11.8 Å². The number of aryl methyl sites for hydroxylation is 2. The van der Waals surface area contributed by atoms with Crippen LogP contribution in [0.15, 0.2) is 57.9 Å². The Morgan fingerprint density at radius 1 is 1.14 bits per heavy atom. The van der Waals surface area contributed by atoms with Gasteiger partial charge in [0, 0.05) is 12.3 Å². The zero-order valence-corrected chi connectivity index (χ0v) is 19.1. The molecule has 1 heterocycles. The highest BCUT2D eigenvalue weighted by atomic mass is 79.9. The molecule has 0 N–H and O–H groups in total. The van der Waals surface area contributed by atoms with E-state index in [1.54, 1.807) is 29.2 Å². The van der Waals surface area contributed by atoms with Crippen LogP contribution in [-0.2, 0) is 22.9 Å². The number of hydrogen-bond acceptors (Lipinski definition) is 4. The molecule has 4 nitrogen and oxygen atoms in total. The van der Waals surface area contributed by atoms with Gasteiger partial charge in [-0.25, -0.2) is 8.42 Å². The summed E-state index contributed by atoms with van der Waals surface area (Å²) in [6.07, 6.45) is 1.69. The van der Waals surface area contributed by atoms with Gasteiger partial charge in [0.1, 0.15) is 5.75 Å². The van der Waals surface area contributed by atoms with Gasteiger partial charge in [-0.1, -0.05) is 30.3 Å². The van der Waals surface area contributed by atoms with Gasteiger partial charge in [-0.3, -0.25) is 0 Å². The van der Waals surface area contributed by atoms with E-state index in [4.69, 9.17) is 4.74 Å². The van der Waals surface area contributed by atoms with Crippen molar-refractivity contribution in [1.29, 1.82) is 0 Å². The van der Waals surface area contributed by atoms with E-state index in [-0.39, 0.29) is 5.37 Å². The predicted molar refractivity (Wildman–Crippen MR) is 121 cm³/mol. The van der Waals surface area contributed by atoms with Crippen LogP contribution in [0.2, 0.25) is 0 Å². The molecule has 1 atom stereocenters. The average Bonchev–Trinajstić information content (AvgIpc) is 3.37. The second-order valence-corrected chi connectivity index (χ2v) is 11.2. The monoisotopic (exact) mass is 489 g/mol. The summed E-state index contributed by atoms with van der Waals surface area (Å²) < 4.78 is 35.3. The molecule has 0 bridgehead atoms. The normalized spacial score (nSPS) is 19.2. The van der Waals surface area contributed by atoms with E-state index in [1.807, 2.05) is 24.3 Å². The van der Waals surface area contributed by atoms with Crippen LogP contribution in [0, 0.1) is 0 Å². The highest BCUT2D eigenvalue weighted by Crippen LogP contribution is 2.45. The Labute approximate surface area is 183 Å². The Bertz CT molecular complexity index is 1230. The Morgan fingerprint density at radius 3 is 2.79 bits per heavy atom. The average molecular weight is 490 g/mol. The maximum Gasteiger partial charge on any atom is 0.244 e. The number of thioether (sulfide) groups is 1. The van der Waals surface area contributed by atoms with Gasteiger partial charge >= 0.3 is 0 Å². The molecule has 0 spiro atoms. The second kappa shape index (κ2) is 7.30. The van der Waals surface area contributed by atoms with E-state index in [1.165, 1.54) is 5.56 Å². The lowest BCUT2D eigenvalue weighted by Crippen LogP contribution is -2.31. The highest BCUT2D eigenvalue weighted by Gasteiger charge is 2.39. The summed E-state index contributed by atoms with van der Waals surface area (Å²) in [4.78, 5) is 0.468. The number of halogens is 1. The number of nitrogens with zero attached hydrogens (tertiary/aromatic N) is 1. The lowest BCUT2D eigenvalue weighted by atomic mass is 10.1. The molecule has 1 saturated heterocycles. The lowest BCUT2D eigenvalue weighted by molar-refractivity contribution is 0.410. The van der Waals surface area contributed by atoms with Gasteiger partial charge < -0.3 is 4.74 Å². The van der Waals surface area contributed by atoms with E-state index in [9.17, 15) is 8.42 Å². The van der Waals surface area contributed by atoms with E-state index in [0.717, 1.165) is 50.7 Å². The summed E-state index contributed by atoms with van der Waals surface area (Å²) in [6.45, 7) is 0.514. The molecule has 0 saturated carbocycles. The Hall–Kier alpha value is -1.54. The van der Waals surface area contributed by atoms with Gasteiger partial charge in [0.2, 0.25) is 10.0 Å². The number of hydrogen-bond donors (Lipinski definition) is 0. The van der Waals surface area contributed by atoms with E-state index >= 15 is 0 Å². The largest absolute Gasteiger partial charge is 0.496 e. The van der Waals surface area contributed by atoms with Crippen LogP contribution in [-0.4, -0.2) is 32.1 Å². The maximum absolute atomic E-state index is 13.7. The minimum Gasteiger partial charge on any atom is -0.496 e. The maximum atomic E-state index is 13.7. The number of benzene rings is 3. The summed E-state index contributed by atoms with van der Waals surface area (Å²) in [5.41, 5.74) is 3.19. The van der Waals surface area contributed by atoms with Gasteiger partial charge in [-0.2, -0.15) is 4.31 Å². The fourth-order valence-electron chi connectivity index (χ4n) is 4.40. The summed E-state index contributed by atoms with van der Waals surface area (Å²) >= 11 is 5.19. The smallest absolute Gasteiger partial charge is 0.244 e. The first-order valence-electron chi connectivity index (χ1n) is 9.51. The Morgan fingerprint density at radius 2 is 2.00 bits per heavy atom. The molecule has 1 aliphatic heterocycles. The number of sulfonamides is 1. The van der Waals surface area contributed by atoms with Crippen LogP contribution in [0.25, 0.3) is 10.8 Å². The van der Waals surface area contributed by atoms with Crippen LogP contribution in [0.3, 0.4) is 0 Å². The fourth-order valence-corrected chi connectivity index (χ4v) is 8.45. The van der Waals surface area contributed by atoms with Gasteiger partial charge in [0.05, 0.1) is 21.9 Å². The molecule has 0 radical (unpaired) electrons. The van der Waals surface area contributed by atoms with Gasteiger partial charge in [0.25, 0.3) is 0 Å². The Kier molecular flexibility index (Phi) is 4.89. The minimum absolute atomic E-state index is 0.234. The minimum atomic E-state index is -3.60. The van der Waals surface area contributed by atoms with Crippen molar-refractivity contribution < 1.29 is 13.2 Å². The summed E-state index contributed by atoms with van der Waals surface area (Å²) in [5, 5.41) is 2.02. The second-order valence-electron chi connectivity index (χ2n) is 7.29. The molecule has 5 rings (SSSR count). The van der Waals surface area contributed by atoms with Crippen LogP contribution in [0.4, 0.5) is 0 Å². The first-order chi connectivity index (χ1) is 14.0. The number of rotatable bonds is 4. The quantitative estimate of drug-likeness (QED) is 0.508. The van der Waals surface area contributed by atoms with Gasteiger partial charge in [0.15, 0.2) is 0 Å². The van der Waals surface area contributed by atoms with Crippen molar-refractivity contribution in [2.45, 2.75) is 23.1 Å². The van der Waals surface area contributed by atoms with Crippen molar-refractivity contribution in [3.8, 4) is 5.75 Å². The molecular weight excluding hydrogens is 470 g/mol. The first-order valence-corrected chi connectivity index (χ1v) is 12.8. The predicted octanol–water partition coefficient (Wildman–Crippen LogP) is 5.15. The molecule has 0 aromatic heterocycles. The third-order valence-electron chi connectivity index (χ3n) is 5.74. The first kappa shape index (κ1) is 19.4. The summed E-state index contributed by atoms with van der Waals surface area (Å²) in [5.74, 6) is 1.52. The molecule has 2 aliphatic rings. The third kappa shape index (κ3) is 3.10. The topological polar surface area (TPSA) is 46.6 Å². The van der Waals surface area contributed by atoms with Crippen LogP contribution in [0.1, 0.15) is 22.1 Å². The lowest BCUT2D eigenvalue weighted by Gasteiger charge is -2.25. The molecule has 1 aliphatic carbocycles. The molecule has 3 aromatic carbocycles.